The Balaban J connectivity index is 2.00. The van der Waals surface area contributed by atoms with E-state index in [2.05, 4.69) is 42.9 Å². The molecule has 0 bridgehead atoms. The topological polar surface area (TPSA) is 18.5 Å². The second-order valence-corrected chi connectivity index (χ2v) is 6.33. The number of hydrogen-bond acceptors (Lipinski definition) is 3. The van der Waals surface area contributed by atoms with Crippen LogP contribution in [-0.2, 0) is 0 Å². The van der Waals surface area contributed by atoms with Crippen molar-refractivity contribution in [2.75, 3.05) is 26.7 Å². The van der Waals surface area contributed by atoms with Crippen LogP contribution >= 0.6 is 0 Å². The van der Waals surface area contributed by atoms with Crippen LogP contribution in [0.2, 0.25) is 0 Å². The second-order valence-electron chi connectivity index (χ2n) is 6.33. The standard InChI is InChI=1S/C15H31N3/c1-5-16-14-8-6-7-9-15(14)18-10-12(2)17(4)13(3)11-18/h12-16H,5-11H2,1-4H3. The Morgan fingerprint density at radius 1 is 1.06 bits per heavy atom. The highest BCUT2D eigenvalue weighted by molar-refractivity contribution is 4.93. The molecule has 3 nitrogen and oxygen atoms in total. The predicted octanol–water partition coefficient (Wildman–Crippen LogP) is 1.93. The van der Waals surface area contributed by atoms with Crippen molar-refractivity contribution < 1.29 is 0 Å². The van der Waals surface area contributed by atoms with Gasteiger partial charge >= 0.3 is 0 Å². The lowest BCUT2D eigenvalue weighted by Crippen LogP contribution is -2.61. The molecular weight excluding hydrogens is 222 g/mol. The zero-order valence-electron chi connectivity index (χ0n) is 12.7. The summed E-state index contributed by atoms with van der Waals surface area (Å²) in [7, 11) is 2.27. The minimum absolute atomic E-state index is 0.693. The molecule has 106 valence electrons. The predicted molar refractivity (Wildman–Crippen MR) is 78.0 cm³/mol. The molecule has 18 heavy (non-hydrogen) atoms. The van der Waals surface area contributed by atoms with Crippen LogP contribution in [0.4, 0.5) is 0 Å². The first-order valence-electron chi connectivity index (χ1n) is 7.82. The summed E-state index contributed by atoms with van der Waals surface area (Å²) in [5, 5.41) is 3.72. The van der Waals surface area contributed by atoms with Gasteiger partial charge in [0.1, 0.15) is 0 Å². The molecule has 0 aromatic heterocycles. The quantitative estimate of drug-likeness (QED) is 0.829. The van der Waals surface area contributed by atoms with E-state index in [1.54, 1.807) is 0 Å². The third kappa shape index (κ3) is 3.06. The third-order valence-corrected chi connectivity index (χ3v) is 5.05. The molecular formula is C15H31N3. The van der Waals surface area contributed by atoms with Crippen molar-refractivity contribution in [1.29, 1.82) is 0 Å². The maximum absolute atomic E-state index is 3.72. The van der Waals surface area contributed by atoms with Crippen molar-refractivity contribution in [2.24, 2.45) is 0 Å². The lowest BCUT2D eigenvalue weighted by molar-refractivity contribution is 0.0125. The van der Waals surface area contributed by atoms with Crippen LogP contribution in [0.15, 0.2) is 0 Å². The molecule has 0 amide bonds. The Morgan fingerprint density at radius 3 is 2.28 bits per heavy atom. The zero-order chi connectivity index (χ0) is 13.1. The van der Waals surface area contributed by atoms with Gasteiger partial charge < -0.3 is 5.32 Å². The lowest BCUT2D eigenvalue weighted by Gasteiger charge is -2.48. The molecule has 1 aliphatic heterocycles. The van der Waals surface area contributed by atoms with Gasteiger partial charge in [0, 0.05) is 37.3 Å². The summed E-state index contributed by atoms with van der Waals surface area (Å²) in [6.07, 6.45) is 5.59. The highest BCUT2D eigenvalue weighted by atomic mass is 15.3. The summed E-state index contributed by atoms with van der Waals surface area (Å²) in [4.78, 5) is 5.30. The SMILES string of the molecule is CCNC1CCCCC1N1CC(C)N(C)C(C)C1. The van der Waals surface area contributed by atoms with E-state index in [0.717, 1.165) is 18.6 Å². The normalized spacial score (nSPS) is 40.0. The van der Waals surface area contributed by atoms with E-state index in [9.17, 15) is 0 Å². The molecule has 2 rings (SSSR count). The maximum Gasteiger partial charge on any atom is 0.0250 e. The molecule has 1 saturated carbocycles. The Morgan fingerprint density at radius 2 is 1.67 bits per heavy atom. The van der Waals surface area contributed by atoms with Crippen LogP contribution in [-0.4, -0.2) is 60.6 Å². The van der Waals surface area contributed by atoms with Crippen LogP contribution < -0.4 is 5.32 Å². The summed E-state index contributed by atoms with van der Waals surface area (Å²) in [5.41, 5.74) is 0. The molecule has 2 aliphatic rings. The average molecular weight is 253 g/mol. The van der Waals surface area contributed by atoms with Crippen molar-refractivity contribution in [3.8, 4) is 0 Å². The molecule has 0 aromatic carbocycles. The summed E-state index contributed by atoms with van der Waals surface area (Å²) in [6.45, 7) is 10.6. The van der Waals surface area contributed by atoms with Crippen molar-refractivity contribution in [1.82, 2.24) is 15.1 Å². The second kappa shape index (κ2) is 6.36. The number of hydrogen-bond donors (Lipinski definition) is 1. The first-order valence-corrected chi connectivity index (χ1v) is 7.82. The van der Waals surface area contributed by atoms with Gasteiger partial charge in [0.05, 0.1) is 0 Å². The van der Waals surface area contributed by atoms with Crippen LogP contribution in [0.1, 0.15) is 46.5 Å². The van der Waals surface area contributed by atoms with E-state index >= 15 is 0 Å². The Bertz CT molecular complexity index is 242. The highest BCUT2D eigenvalue weighted by Crippen LogP contribution is 2.26. The van der Waals surface area contributed by atoms with Crippen molar-refractivity contribution in [3.05, 3.63) is 0 Å². The van der Waals surface area contributed by atoms with E-state index < -0.39 is 0 Å². The Hall–Kier alpha value is -0.120. The molecule has 4 unspecified atom stereocenters. The van der Waals surface area contributed by atoms with E-state index in [4.69, 9.17) is 0 Å². The van der Waals surface area contributed by atoms with Crippen molar-refractivity contribution in [3.63, 3.8) is 0 Å². The molecule has 0 radical (unpaired) electrons. The van der Waals surface area contributed by atoms with Gasteiger partial charge in [0.2, 0.25) is 0 Å². The number of nitrogens with zero attached hydrogens (tertiary/aromatic N) is 2. The smallest absolute Gasteiger partial charge is 0.0250 e. The number of piperazine rings is 1. The lowest BCUT2D eigenvalue weighted by atomic mass is 9.88. The van der Waals surface area contributed by atoms with Gasteiger partial charge in [-0.3, -0.25) is 9.80 Å². The minimum atomic E-state index is 0.693. The average Bonchev–Trinajstić information content (AvgIpc) is 2.36. The molecule has 1 N–H and O–H groups in total. The van der Waals surface area contributed by atoms with E-state index in [1.807, 2.05) is 0 Å². The van der Waals surface area contributed by atoms with Gasteiger partial charge in [-0.15, -0.1) is 0 Å². The summed E-state index contributed by atoms with van der Waals surface area (Å²) in [6, 6.07) is 2.89. The van der Waals surface area contributed by atoms with E-state index in [-0.39, 0.29) is 0 Å². The number of likely N-dealkylation sites (N-methyl/N-ethyl adjacent to an activating group) is 2. The van der Waals surface area contributed by atoms with Gasteiger partial charge in [-0.05, 0) is 40.3 Å². The van der Waals surface area contributed by atoms with Gasteiger partial charge in [0.25, 0.3) is 0 Å². The summed E-state index contributed by atoms with van der Waals surface area (Å²) >= 11 is 0. The van der Waals surface area contributed by atoms with Crippen LogP contribution in [0.5, 0.6) is 0 Å². The molecule has 1 saturated heterocycles. The van der Waals surface area contributed by atoms with Gasteiger partial charge in [-0.2, -0.15) is 0 Å². The molecule has 1 heterocycles. The van der Waals surface area contributed by atoms with Gasteiger partial charge in [-0.25, -0.2) is 0 Å². The van der Waals surface area contributed by atoms with E-state index in [0.29, 0.717) is 12.1 Å². The molecule has 3 heteroatoms. The fourth-order valence-electron chi connectivity index (χ4n) is 3.76. The largest absolute Gasteiger partial charge is 0.313 e. The van der Waals surface area contributed by atoms with Gasteiger partial charge in [0.15, 0.2) is 0 Å². The summed E-state index contributed by atoms with van der Waals surface area (Å²) in [5.74, 6) is 0. The molecule has 1 aliphatic carbocycles. The number of rotatable bonds is 3. The first-order chi connectivity index (χ1) is 8.63. The Labute approximate surface area is 113 Å². The van der Waals surface area contributed by atoms with Crippen molar-refractivity contribution in [2.45, 2.75) is 70.6 Å². The first kappa shape index (κ1) is 14.3. The molecule has 0 aromatic rings. The zero-order valence-corrected chi connectivity index (χ0v) is 12.7. The highest BCUT2D eigenvalue weighted by Gasteiger charge is 2.35. The monoisotopic (exact) mass is 253 g/mol. The van der Waals surface area contributed by atoms with Crippen LogP contribution in [0, 0.1) is 0 Å². The minimum Gasteiger partial charge on any atom is -0.313 e. The van der Waals surface area contributed by atoms with Gasteiger partial charge in [-0.1, -0.05) is 19.8 Å². The molecule has 4 atom stereocenters. The van der Waals surface area contributed by atoms with Crippen LogP contribution in [0.25, 0.3) is 0 Å². The summed E-state index contributed by atoms with van der Waals surface area (Å²) < 4.78 is 0. The fraction of sp³-hybridized carbons (Fsp3) is 1.00. The van der Waals surface area contributed by atoms with E-state index in [1.165, 1.54) is 38.8 Å². The number of nitrogens with one attached hydrogen (secondary N) is 1. The molecule has 2 fully saturated rings. The fourth-order valence-corrected chi connectivity index (χ4v) is 3.76. The van der Waals surface area contributed by atoms with Crippen LogP contribution in [0.3, 0.4) is 0 Å². The third-order valence-electron chi connectivity index (χ3n) is 5.05. The van der Waals surface area contributed by atoms with Crippen molar-refractivity contribution >= 4 is 0 Å². The Kier molecular flexibility index (Phi) is 5.05. The maximum atomic E-state index is 3.72. The molecule has 0 spiro atoms.